The van der Waals surface area contributed by atoms with E-state index in [1.54, 1.807) is 31.2 Å². The van der Waals surface area contributed by atoms with Gasteiger partial charge in [-0.25, -0.2) is 4.79 Å². The summed E-state index contributed by atoms with van der Waals surface area (Å²) < 4.78 is 40.1. The van der Waals surface area contributed by atoms with E-state index in [1.165, 1.54) is 16.4 Å². The van der Waals surface area contributed by atoms with E-state index in [0.717, 1.165) is 28.3 Å². The van der Waals surface area contributed by atoms with E-state index in [9.17, 15) is 13.2 Å². The summed E-state index contributed by atoms with van der Waals surface area (Å²) in [6, 6.07) is 11.9. The molecular weight excluding hydrogens is 502 g/mol. The zero-order chi connectivity index (χ0) is 26.6. The average molecular weight is 532 g/mol. The number of furan rings is 1. The van der Waals surface area contributed by atoms with Crippen molar-refractivity contribution in [2.45, 2.75) is 46.3 Å². The van der Waals surface area contributed by atoms with Crippen LogP contribution >= 0.6 is 11.6 Å². The quantitative estimate of drug-likeness (QED) is 0.304. The maximum absolute atomic E-state index is 13.6. The molecule has 0 spiro atoms. The molecule has 0 atom stereocenters. The molecule has 2 aromatic carbocycles. The lowest BCUT2D eigenvalue weighted by Crippen LogP contribution is -2.34. The van der Waals surface area contributed by atoms with Crippen molar-refractivity contribution < 1.29 is 27.5 Å². The van der Waals surface area contributed by atoms with Crippen LogP contribution < -0.4 is 9.04 Å². The molecule has 7 nitrogen and oxygen atoms in total. The number of benzene rings is 2. The first-order valence-corrected chi connectivity index (χ1v) is 13.2. The fraction of sp³-hybridized carbons (Fsp3) is 0.296. The second kappa shape index (κ2) is 11.2. The third kappa shape index (κ3) is 6.50. The molecule has 1 N–H and O–H groups in total. The molecule has 0 fully saturated rings. The lowest BCUT2D eigenvalue weighted by atomic mass is 10.1. The SMILES string of the molecule is Cc1ccc(S(=O)(=O)N(CC(C)C)c2cc(Cl)c(C)cc2OCc2ccc(C=CC(=O)O)cc2C)o1. The molecule has 0 aliphatic heterocycles. The van der Waals surface area contributed by atoms with E-state index in [4.69, 9.17) is 25.9 Å². The minimum atomic E-state index is -4.02. The number of hydrogen-bond donors (Lipinski definition) is 1. The molecule has 3 rings (SSSR count). The highest BCUT2D eigenvalue weighted by molar-refractivity contribution is 7.92. The van der Waals surface area contributed by atoms with Crippen molar-refractivity contribution >= 4 is 39.4 Å². The van der Waals surface area contributed by atoms with Gasteiger partial charge in [0, 0.05) is 17.6 Å². The minimum Gasteiger partial charge on any atom is -0.487 e. The van der Waals surface area contributed by atoms with Gasteiger partial charge in [0.25, 0.3) is 10.0 Å². The predicted octanol–water partition coefficient (Wildman–Crippen LogP) is 6.39. The lowest BCUT2D eigenvalue weighted by Gasteiger charge is -2.27. The molecule has 0 aliphatic carbocycles. The number of aliphatic carboxylic acids is 1. The second-order valence-corrected chi connectivity index (χ2v) is 11.2. The molecule has 0 saturated carbocycles. The summed E-state index contributed by atoms with van der Waals surface area (Å²) in [6.07, 6.45) is 2.60. The van der Waals surface area contributed by atoms with Crippen LogP contribution in [0, 0.1) is 26.7 Å². The van der Waals surface area contributed by atoms with E-state index in [-0.39, 0.29) is 24.2 Å². The van der Waals surface area contributed by atoms with Crippen LogP contribution in [-0.4, -0.2) is 26.0 Å². The van der Waals surface area contributed by atoms with Gasteiger partial charge in [-0.2, -0.15) is 8.42 Å². The Morgan fingerprint density at radius 1 is 1.11 bits per heavy atom. The number of rotatable bonds is 10. The summed E-state index contributed by atoms with van der Waals surface area (Å²) >= 11 is 6.43. The van der Waals surface area contributed by atoms with Crippen LogP contribution in [0.1, 0.15) is 41.9 Å². The first-order chi connectivity index (χ1) is 16.9. The number of sulfonamides is 1. The van der Waals surface area contributed by atoms with Crippen LogP contribution in [0.15, 0.2) is 58.1 Å². The van der Waals surface area contributed by atoms with Crippen LogP contribution in [0.3, 0.4) is 0 Å². The Bertz CT molecular complexity index is 1390. The van der Waals surface area contributed by atoms with Gasteiger partial charge in [0.2, 0.25) is 5.09 Å². The van der Waals surface area contributed by atoms with Gasteiger partial charge < -0.3 is 14.3 Å². The van der Waals surface area contributed by atoms with E-state index in [1.807, 2.05) is 39.8 Å². The summed E-state index contributed by atoms with van der Waals surface area (Å²) in [5.41, 5.74) is 3.61. The standard InChI is InChI=1S/C27H30ClNO6S/c1-17(2)15-29(36(32,33)27-11-6-20(5)35-27)24-14-23(28)19(4)13-25(24)34-16-22-9-7-21(12-18(22)3)8-10-26(30)31/h6-14,17H,15-16H2,1-5H3,(H,30,31). The number of nitrogens with zero attached hydrogens (tertiary/aromatic N) is 1. The number of carboxylic acids is 1. The zero-order valence-electron chi connectivity index (χ0n) is 20.9. The van der Waals surface area contributed by atoms with Crippen LogP contribution in [0.25, 0.3) is 6.08 Å². The van der Waals surface area contributed by atoms with Gasteiger partial charge in [-0.05, 0) is 79.3 Å². The number of aryl methyl sites for hydroxylation is 3. The van der Waals surface area contributed by atoms with Gasteiger partial charge in [0.1, 0.15) is 18.1 Å². The molecule has 9 heteroatoms. The van der Waals surface area contributed by atoms with Crippen molar-refractivity contribution in [2.75, 3.05) is 10.8 Å². The summed E-state index contributed by atoms with van der Waals surface area (Å²) in [7, 11) is -4.02. The maximum atomic E-state index is 13.6. The smallest absolute Gasteiger partial charge is 0.328 e. The van der Waals surface area contributed by atoms with Gasteiger partial charge >= 0.3 is 5.97 Å². The van der Waals surface area contributed by atoms with Crippen molar-refractivity contribution in [2.24, 2.45) is 5.92 Å². The Labute approximate surface area is 217 Å². The fourth-order valence-corrected chi connectivity index (χ4v) is 5.33. The number of hydrogen-bond acceptors (Lipinski definition) is 5. The normalized spacial score (nSPS) is 11.9. The molecule has 1 heterocycles. The molecule has 0 bridgehead atoms. The Morgan fingerprint density at radius 3 is 2.42 bits per heavy atom. The predicted molar refractivity (Wildman–Crippen MR) is 141 cm³/mol. The monoisotopic (exact) mass is 531 g/mol. The zero-order valence-corrected chi connectivity index (χ0v) is 22.5. The molecule has 0 aliphatic rings. The minimum absolute atomic E-state index is 0.0115. The third-order valence-corrected chi connectivity index (χ3v) is 7.53. The fourth-order valence-electron chi connectivity index (χ4n) is 3.58. The lowest BCUT2D eigenvalue weighted by molar-refractivity contribution is -0.131. The van der Waals surface area contributed by atoms with Crippen molar-refractivity contribution in [1.82, 2.24) is 0 Å². The molecule has 0 amide bonds. The highest BCUT2D eigenvalue weighted by Gasteiger charge is 2.31. The average Bonchev–Trinajstić information content (AvgIpc) is 3.24. The topological polar surface area (TPSA) is 97.0 Å². The first-order valence-electron chi connectivity index (χ1n) is 11.4. The summed E-state index contributed by atoms with van der Waals surface area (Å²) in [6.45, 7) is 9.64. The summed E-state index contributed by atoms with van der Waals surface area (Å²) in [5, 5.41) is 9.11. The molecule has 3 aromatic rings. The first kappa shape index (κ1) is 27.4. The number of carboxylic acid groups (broad SMARTS) is 1. The van der Waals surface area contributed by atoms with Crippen molar-refractivity contribution in [1.29, 1.82) is 0 Å². The van der Waals surface area contributed by atoms with Crippen LogP contribution in [0.5, 0.6) is 5.75 Å². The maximum Gasteiger partial charge on any atom is 0.328 e. The van der Waals surface area contributed by atoms with Crippen molar-refractivity contribution in [3.8, 4) is 5.75 Å². The van der Waals surface area contributed by atoms with Crippen LogP contribution in [0.2, 0.25) is 5.02 Å². The van der Waals surface area contributed by atoms with Crippen molar-refractivity contribution in [3.63, 3.8) is 0 Å². The van der Waals surface area contributed by atoms with E-state index in [2.05, 4.69) is 0 Å². The third-order valence-electron chi connectivity index (χ3n) is 5.47. The molecular formula is C27H30ClNO6S. The molecule has 0 saturated heterocycles. The molecule has 0 unspecified atom stereocenters. The van der Waals surface area contributed by atoms with E-state index >= 15 is 0 Å². The Kier molecular flexibility index (Phi) is 8.53. The highest BCUT2D eigenvalue weighted by Crippen LogP contribution is 2.38. The largest absolute Gasteiger partial charge is 0.487 e. The molecule has 0 radical (unpaired) electrons. The Morgan fingerprint density at radius 2 is 1.83 bits per heavy atom. The van der Waals surface area contributed by atoms with Gasteiger partial charge in [0.15, 0.2) is 0 Å². The van der Waals surface area contributed by atoms with Crippen LogP contribution in [0.4, 0.5) is 5.69 Å². The molecule has 1 aromatic heterocycles. The number of halogens is 1. The van der Waals surface area contributed by atoms with Gasteiger partial charge in [-0.1, -0.05) is 43.6 Å². The molecule has 36 heavy (non-hydrogen) atoms. The van der Waals surface area contributed by atoms with Crippen LogP contribution in [-0.2, 0) is 21.4 Å². The number of anilines is 1. The van der Waals surface area contributed by atoms with E-state index < -0.39 is 16.0 Å². The summed E-state index contributed by atoms with van der Waals surface area (Å²) in [5.74, 6) is -0.138. The van der Waals surface area contributed by atoms with Gasteiger partial charge in [-0.3, -0.25) is 4.31 Å². The Hall–Kier alpha value is -3.23. The van der Waals surface area contributed by atoms with E-state index in [0.29, 0.717) is 22.2 Å². The van der Waals surface area contributed by atoms with Gasteiger partial charge in [-0.15, -0.1) is 0 Å². The van der Waals surface area contributed by atoms with Crippen molar-refractivity contribution in [3.05, 3.63) is 81.6 Å². The second-order valence-electron chi connectivity index (χ2n) is 9.01. The van der Waals surface area contributed by atoms with Gasteiger partial charge in [0.05, 0.1) is 5.69 Å². The number of ether oxygens (including phenoxy) is 1. The molecule has 192 valence electrons. The Balaban J connectivity index is 1.99. The highest BCUT2D eigenvalue weighted by atomic mass is 35.5. The number of carbonyl (C=O) groups is 1. The summed E-state index contributed by atoms with van der Waals surface area (Å²) in [4.78, 5) is 10.8.